The Bertz CT molecular complexity index is 1180. The van der Waals surface area contributed by atoms with Crippen molar-refractivity contribution in [2.24, 2.45) is 4.99 Å². The number of amides is 1. The predicted octanol–water partition coefficient (Wildman–Crippen LogP) is 2.34. The number of sulfone groups is 1. The molecule has 0 aromatic heterocycles. The van der Waals surface area contributed by atoms with Crippen LogP contribution < -0.4 is 15.0 Å². The van der Waals surface area contributed by atoms with E-state index in [9.17, 15) is 13.2 Å². The summed E-state index contributed by atoms with van der Waals surface area (Å²) in [6, 6.07) is 15.2. The van der Waals surface area contributed by atoms with Crippen LogP contribution >= 0.6 is 11.8 Å². The Morgan fingerprint density at radius 3 is 2.55 bits per heavy atom. The number of carbonyl (C=O) groups is 1. The van der Waals surface area contributed by atoms with E-state index >= 15 is 0 Å². The molecular weight excluding hydrogens is 460 g/mol. The minimum Gasteiger partial charge on any atom is -0.497 e. The van der Waals surface area contributed by atoms with Crippen LogP contribution in [0, 0.1) is 0 Å². The highest BCUT2D eigenvalue weighted by molar-refractivity contribution is 8.15. The monoisotopic (exact) mass is 486 g/mol. The number of aliphatic imine (C=N–C) groups is 1. The first-order valence-electron chi connectivity index (χ1n) is 10.9. The first kappa shape index (κ1) is 22.1. The van der Waals surface area contributed by atoms with Gasteiger partial charge in [-0.3, -0.25) is 9.79 Å². The van der Waals surface area contributed by atoms with Crippen LogP contribution in [-0.2, 0) is 9.84 Å². The first-order chi connectivity index (χ1) is 15.9. The number of hydrogen-bond acceptors (Lipinski definition) is 8. The minimum absolute atomic E-state index is 0.00990. The lowest BCUT2D eigenvalue weighted by molar-refractivity contribution is 0.0747. The Labute approximate surface area is 197 Å². The number of benzene rings is 2. The zero-order valence-electron chi connectivity index (χ0n) is 18.3. The van der Waals surface area contributed by atoms with E-state index in [2.05, 4.69) is 15.2 Å². The number of carbonyl (C=O) groups excluding carboxylic acids is 1. The number of anilines is 2. The fourth-order valence-electron chi connectivity index (χ4n) is 4.41. The Hall–Kier alpha value is -2.72. The number of hydrogen-bond donors (Lipinski definition) is 1. The van der Waals surface area contributed by atoms with Crippen molar-refractivity contribution >= 4 is 44.0 Å². The maximum absolute atomic E-state index is 13.1. The molecule has 1 amide bonds. The number of thioether (sulfide) groups is 1. The summed E-state index contributed by atoms with van der Waals surface area (Å²) in [5.74, 6) is 1.14. The van der Waals surface area contributed by atoms with Crippen molar-refractivity contribution < 1.29 is 17.9 Å². The SMILES string of the molecule is COc1ccc(N2CCN(C(=O)c3cccc(NC4=N[C@@H]5CS(=O)(=O)C[C@H]5S4)c3)CC2)cc1. The summed E-state index contributed by atoms with van der Waals surface area (Å²) in [7, 11) is -1.32. The van der Waals surface area contributed by atoms with Crippen molar-refractivity contribution in [1.82, 2.24) is 4.90 Å². The third-order valence-electron chi connectivity index (χ3n) is 6.18. The molecule has 2 aromatic carbocycles. The van der Waals surface area contributed by atoms with Crippen molar-refractivity contribution in [3.05, 3.63) is 54.1 Å². The highest BCUT2D eigenvalue weighted by atomic mass is 32.2. The molecule has 2 atom stereocenters. The summed E-state index contributed by atoms with van der Waals surface area (Å²) in [4.78, 5) is 21.8. The van der Waals surface area contributed by atoms with Crippen LogP contribution in [0.15, 0.2) is 53.5 Å². The van der Waals surface area contributed by atoms with Gasteiger partial charge < -0.3 is 19.9 Å². The molecule has 3 aliphatic rings. The molecule has 1 N–H and O–H groups in total. The number of nitrogens with zero attached hydrogens (tertiary/aromatic N) is 3. The molecule has 3 heterocycles. The molecule has 10 heteroatoms. The topological polar surface area (TPSA) is 91.3 Å². The van der Waals surface area contributed by atoms with Gasteiger partial charge in [0.2, 0.25) is 0 Å². The molecule has 0 radical (unpaired) electrons. The molecule has 2 fully saturated rings. The summed E-state index contributed by atoms with van der Waals surface area (Å²) < 4.78 is 28.7. The van der Waals surface area contributed by atoms with Crippen LogP contribution in [0.3, 0.4) is 0 Å². The molecule has 8 nitrogen and oxygen atoms in total. The van der Waals surface area contributed by atoms with Gasteiger partial charge in [0.1, 0.15) is 5.75 Å². The second kappa shape index (κ2) is 8.90. The van der Waals surface area contributed by atoms with Crippen molar-refractivity contribution in [3.63, 3.8) is 0 Å². The van der Waals surface area contributed by atoms with Gasteiger partial charge in [0.25, 0.3) is 5.91 Å². The zero-order chi connectivity index (χ0) is 23.0. The fraction of sp³-hybridized carbons (Fsp3) is 0.391. The van der Waals surface area contributed by atoms with E-state index in [0.717, 1.165) is 35.4 Å². The Kier molecular flexibility index (Phi) is 5.96. The lowest BCUT2D eigenvalue weighted by Gasteiger charge is -2.36. The molecular formula is C23H26N4O4S2. The number of rotatable bonds is 4. The van der Waals surface area contributed by atoms with E-state index in [4.69, 9.17) is 4.74 Å². The molecule has 0 aliphatic carbocycles. The quantitative estimate of drug-likeness (QED) is 0.709. The second-order valence-electron chi connectivity index (χ2n) is 8.42. The van der Waals surface area contributed by atoms with E-state index in [1.54, 1.807) is 7.11 Å². The number of ether oxygens (including phenoxy) is 1. The van der Waals surface area contributed by atoms with Crippen molar-refractivity contribution in [2.75, 3.05) is 55.0 Å². The molecule has 0 bridgehead atoms. The lowest BCUT2D eigenvalue weighted by atomic mass is 10.1. The fourth-order valence-corrected chi connectivity index (χ4v) is 8.09. The number of nitrogens with one attached hydrogen (secondary N) is 1. The third-order valence-corrected chi connectivity index (χ3v) is 9.33. The second-order valence-corrected chi connectivity index (χ2v) is 11.8. The summed E-state index contributed by atoms with van der Waals surface area (Å²) in [5, 5.41) is 3.97. The first-order valence-corrected chi connectivity index (χ1v) is 13.6. The smallest absolute Gasteiger partial charge is 0.254 e. The van der Waals surface area contributed by atoms with E-state index in [-0.39, 0.29) is 28.7 Å². The van der Waals surface area contributed by atoms with Crippen LogP contribution in [0.2, 0.25) is 0 Å². The van der Waals surface area contributed by atoms with Crippen LogP contribution in [-0.4, -0.2) is 80.5 Å². The standard InChI is InChI=1S/C23H26N4O4S2/c1-31-19-7-5-18(6-8-19)26-9-11-27(12-10-26)22(28)16-3-2-4-17(13-16)24-23-25-20-14-33(29,30)15-21(20)32-23/h2-8,13,20-21H,9-12,14-15H2,1H3,(H,24,25)/t20-,21-/m1/s1. The molecule has 0 saturated carbocycles. The van der Waals surface area contributed by atoms with Crippen molar-refractivity contribution in [1.29, 1.82) is 0 Å². The van der Waals surface area contributed by atoms with E-state index in [1.165, 1.54) is 11.8 Å². The van der Waals surface area contributed by atoms with E-state index in [0.29, 0.717) is 18.7 Å². The highest BCUT2D eigenvalue weighted by Gasteiger charge is 2.42. The maximum atomic E-state index is 13.1. The van der Waals surface area contributed by atoms with Gasteiger partial charge in [-0.1, -0.05) is 17.8 Å². The number of methoxy groups -OCH3 is 1. The number of fused-ring (bicyclic) bond motifs is 1. The van der Waals surface area contributed by atoms with Gasteiger partial charge in [-0.05, 0) is 42.5 Å². The van der Waals surface area contributed by atoms with Crippen molar-refractivity contribution in [2.45, 2.75) is 11.3 Å². The Balaban J connectivity index is 1.19. The van der Waals surface area contributed by atoms with E-state index < -0.39 is 9.84 Å². The molecule has 0 unspecified atom stereocenters. The molecule has 5 rings (SSSR count). The Morgan fingerprint density at radius 2 is 1.85 bits per heavy atom. The number of piperazine rings is 1. The molecule has 2 aromatic rings. The largest absolute Gasteiger partial charge is 0.497 e. The van der Waals surface area contributed by atoms with Gasteiger partial charge in [0.05, 0.1) is 24.7 Å². The summed E-state index contributed by atoms with van der Waals surface area (Å²) >= 11 is 1.47. The highest BCUT2D eigenvalue weighted by Crippen LogP contribution is 2.34. The van der Waals surface area contributed by atoms with Crippen LogP contribution in [0.5, 0.6) is 5.75 Å². The van der Waals surface area contributed by atoms with Crippen LogP contribution in [0.4, 0.5) is 11.4 Å². The molecule has 0 spiro atoms. The third kappa shape index (κ3) is 4.81. The minimum atomic E-state index is -2.97. The molecule has 174 valence electrons. The van der Waals surface area contributed by atoms with Crippen molar-refractivity contribution in [3.8, 4) is 5.75 Å². The van der Waals surface area contributed by atoms with Gasteiger partial charge in [-0.15, -0.1) is 0 Å². The predicted molar refractivity (Wildman–Crippen MR) is 132 cm³/mol. The van der Waals surface area contributed by atoms with E-state index in [1.807, 2.05) is 53.4 Å². The molecule has 2 saturated heterocycles. The summed E-state index contributed by atoms with van der Waals surface area (Å²) in [5.41, 5.74) is 2.54. The van der Waals surface area contributed by atoms with Crippen LogP contribution in [0.1, 0.15) is 10.4 Å². The Morgan fingerprint density at radius 1 is 1.09 bits per heavy atom. The lowest BCUT2D eigenvalue weighted by Crippen LogP contribution is -2.48. The van der Waals surface area contributed by atoms with Gasteiger partial charge in [0, 0.05) is 48.4 Å². The average molecular weight is 487 g/mol. The zero-order valence-corrected chi connectivity index (χ0v) is 19.9. The van der Waals surface area contributed by atoms with Gasteiger partial charge in [0.15, 0.2) is 15.0 Å². The maximum Gasteiger partial charge on any atom is 0.254 e. The van der Waals surface area contributed by atoms with Crippen LogP contribution in [0.25, 0.3) is 0 Å². The summed E-state index contributed by atoms with van der Waals surface area (Å²) in [6.07, 6.45) is 0. The average Bonchev–Trinajstić information content (AvgIpc) is 3.31. The van der Waals surface area contributed by atoms with Gasteiger partial charge >= 0.3 is 0 Å². The molecule has 3 aliphatic heterocycles. The molecule has 33 heavy (non-hydrogen) atoms. The normalized spacial score (nSPS) is 23.7. The summed E-state index contributed by atoms with van der Waals surface area (Å²) in [6.45, 7) is 2.86. The number of amidine groups is 1. The van der Waals surface area contributed by atoms with Gasteiger partial charge in [-0.25, -0.2) is 8.42 Å². The van der Waals surface area contributed by atoms with Gasteiger partial charge in [-0.2, -0.15) is 0 Å².